The first kappa shape index (κ1) is 24.3. The van der Waals surface area contributed by atoms with Gasteiger partial charge in [0.15, 0.2) is 6.29 Å². The van der Waals surface area contributed by atoms with Gasteiger partial charge in [-0.15, -0.1) is 0 Å². The first-order chi connectivity index (χ1) is 13.8. The van der Waals surface area contributed by atoms with Crippen molar-refractivity contribution >= 4 is 0 Å². The van der Waals surface area contributed by atoms with Gasteiger partial charge in [-0.25, -0.2) is 0 Å². The van der Waals surface area contributed by atoms with Gasteiger partial charge in [-0.3, -0.25) is 0 Å². The smallest absolute Gasteiger partial charge is 0.186 e. The van der Waals surface area contributed by atoms with Crippen LogP contribution in [0.25, 0.3) is 0 Å². The Morgan fingerprint density at radius 3 is 2.13 bits per heavy atom. The van der Waals surface area contributed by atoms with Crippen LogP contribution < -0.4 is 0 Å². The van der Waals surface area contributed by atoms with Crippen molar-refractivity contribution in [2.45, 2.75) is 95.5 Å². The fourth-order valence-electron chi connectivity index (χ4n) is 6.69. The van der Waals surface area contributed by atoms with Gasteiger partial charge in [0.05, 0.1) is 24.4 Å². The van der Waals surface area contributed by atoms with Crippen LogP contribution >= 0.6 is 0 Å². The van der Waals surface area contributed by atoms with E-state index >= 15 is 0 Å². The summed E-state index contributed by atoms with van der Waals surface area (Å²) >= 11 is 0. The average Bonchev–Trinajstić information content (AvgIpc) is 2.62. The highest BCUT2D eigenvalue weighted by Gasteiger charge is 2.65. The quantitative estimate of drug-likeness (QED) is 0.286. The first-order valence-corrected chi connectivity index (χ1v) is 10.8. The number of aliphatic hydroxyl groups excluding tert-OH is 6. The van der Waals surface area contributed by atoms with Crippen molar-refractivity contribution in [2.24, 2.45) is 22.7 Å². The summed E-state index contributed by atoms with van der Waals surface area (Å²) in [6.45, 7) is 6.72. The zero-order valence-electron chi connectivity index (χ0n) is 18.2. The fraction of sp³-hybridized carbons (Fsp3) is 1.00. The van der Waals surface area contributed by atoms with E-state index < -0.39 is 66.5 Å². The zero-order valence-corrected chi connectivity index (χ0v) is 18.2. The van der Waals surface area contributed by atoms with E-state index in [-0.39, 0.29) is 24.4 Å². The molecule has 0 aromatic rings. The van der Waals surface area contributed by atoms with Crippen molar-refractivity contribution in [2.75, 3.05) is 13.2 Å². The molecule has 0 amide bonds. The molecule has 0 unspecified atom stereocenters. The third-order valence-electron chi connectivity index (χ3n) is 8.09. The van der Waals surface area contributed by atoms with Gasteiger partial charge in [0.25, 0.3) is 0 Å². The van der Waals surface area contributed by atoms with Crippen LogP contribution in [-0.2, 0) is 9.47 Å². The lowest BCUT2D eigenvalue weighted by Crippen LogP contribution is -2.69. The highest BCUT2D eigenvalue weighted by molar-refractivity contribution is 5.14. The van der Waals surface area contributed by atoms with E-state index in [9.17, 15) is 35.7 Å². The van der Waals surface area contributed by atoms with Crippen LogP contribution in [-0.4, -0.2) is 97.5 Å². The molecule has 9 nitrogen and oxygen atoms in total. The third kappa shape index (κ3) is 3.72. The molecule has 176 valence electrons. The van der Waals surface area contributed by atoms with Crippen LogP contribution in [0.15, 0.2) is 0 Å². The van der Waals surface area contributed by atoms with Gasteiger partial charge in [0.1, 0.15) is 24.4 Å². The number of ether oxygens (including phenoxy) is 2. The number of aliphatic hydroxyl groups is 7. The summed E-state index contributed by atoms with van der Waals surface area (Å²) in [6.07, 6.45) is -7.06. The van der Waals surface area contributed by atoms with Crippen LogP contribution in [0.3, 0.4) is 0 Å². The van der Waals surface area contributed by atoms with Gasteiger partial charge in [0.2, 0.25) is 0 Å². The molecule has 0 spiro atoms. The first-order valence-electron chi connectivity index (χ1n) is 10.8. The maximum Gasteiger partial charge on any atom is 0.186 e. The summed E-state index contributed by atoms with van der Waals surface area (Å²) in [7, 11) is 0. The maximum absolute atomic E-state index is 11.0. The molecule has 2 aliphatic carbocycles. The van der Waals surface area contributed by atoms with Crippen molar-refractivity contribution in [3.63, 3.8) is 0 Å². The molecule has 0 aromatic heterocycles. The van der Waals surface area contributed by atoms with Gasteiger partial charge >= 0.3 is 0 Å². The van der Waals surface area contributed by atoms with E-state index in [4.69, 9.17) is 9.47 Å². The number of fused-ring (bicyclic) bond motifs is 1. The highest BCUT2D eigenvalue weighted by atomic mass is 16.7. The van der Waals surface area contributed by atoms with Gasteiger partial charge in [-0.1, -0.05) is 20.8 Å². The third-order valence-corrected chi connectivity index (χ3v) is 8.09. The molecule has 7 N–H and O–H groups in total. The summed E-state index contributed by atoms with van der Waals surface area (Å²) in [5.74, 6) is -0.904. The van der Waals surface area contributed by atoms with Crippen molar-refractivity contribution in [1.82, 2.24) is 0 Å². The van der Waals surface area contributed by atoms with E-state index in [0.29, 0.717) is 12.8 Å². The lowest BCUT2D eigenvalue weighted by atomic mass is 9.44. The average molecular weight is 435 g/mol. The van der Waals surface area contributed by atoms with E-state index in [1.807, 2.05) is 6.92 Å². The van der Waals surface area contributed by atoms with Gasteiger partial charge < -0.3 is 45.2 Å². The molecule has 2 saturated carbocycles. The Morgan fingerprint density at radius 1 is 0.933 bits per heavy atom. The lowest BCUT2D eigenvalue weighted by molar-refractivity contribution is -0.343. The Morgan fingerprint density at radius 2 is 1.57 bits per heavy atom. The summed E-state index contributed by atoms with van der Waals surface area (Å²) in [4.78, 5) is 0. The molecule has 3 rings (SSSR count). The molecule has 0 aromatic carbocycles. The minimum atomic E-state index is -1.56. The zero-order chi connectivity index (χ0) is 22.6. The molecule has 3 fully saturated rings. The number of hydrogen-bond donors (Lipinski definition) is 7. The van der Waals surface area contributed by atoms with E-state index in [2.05, 4.69) is 13.8 Å². The van der Waals surface area contributed by atoms with Crippen molar-refractivity contribution in [1.29, 1.82) is 0 Å². The molecule has 1 saturated heterocycles. The van der Waals surface area contributed by atoms with Crippen LogP contribution in [0.2, 0.25) is 0 Å². The second-order valence-electron chi connectivity index (χ2n) is 10.6. The second kappa shape index (κ2) is 8.20. The van der Waals surface area contributed by atoms with Gasteiger partial charge in [-0.2, -0.15) is 0 Å². The Kier molecular flexibility index (Phi) is 6.64. The normalized spacial score (nSPS) is 53.9. The molecule has 1 heterocycles. The van der Waals surface area contributed by atoms with Crippen molar-refractivity contribution < 1.29 is 45.2 Å². The monoisotopic (exact) mass is 434 g/mol. The second-order valence-corrected chi connectivity index (χ2v) is 10.6. The number of rotatable bonds is 4. The molecule has 1 aliphatic heterocycles. The standard InChI is InChI=1S/C21H38O9/c1-19(2)6-5-13(30-18-16(27)15(26)14(25)11(8-22)29-18)21(4)12(9-23)20(3,28)7-10(24)17(19)21/h10-18,22-28H,5-9H2,1-4H3/t10-,11-,12+,13+,14-,15+,16-,17+,18+,20-,21+/m1/s1. The Bertz CT molecular complexity index is 607. The molecule has 30 heavy (non-hydrogen) atoms. The van der Waals surface area contributed by atoms with Crippen LogP contribution in [0, 0.1) is 22.7 Å². The summed E-state index contributed by atoms with van der Waals surface area (Å²) in [5.41, 5.74) is -2.48. The van der Waals surface area contributed by atoms with Crippen molar-refractivity contribution in [3.05, 3.63) is 0 Å². The maximum atomic E-state index is 11.0. The molecule has 0 radical (unpaired) electrons. The summed E-state index contributed by atoms with van der Waals surface area (Å²) in [6, 6.07) is 0. The van der Waals surface area contributed by atoms with Gasteiger partial charge in [-0.05, 0) is 31.1 Å². The predicted molar refractivity (Wildman–Crippen MR) is 105 cm³/mol. The molecule has 3 aliphatic rings. The summed E-state index contributed by atoms with van der Waals surface area (Å²) < 4.78 is 11.7. The molecular formula is C21H38O9. The topological polar surface area (TPSA) is 160 Å². The highest BCUT2D eigenvalue weighted by Crippen LogP contribution is 2.62. The molecule has 9 heteroatoms. The Balaban J connectivity index is 1.96. The van der Waals surface area contributed by atoms with E-state index in [1.165, 1.54) is 0 Å². The predicted octanol–water partition coefficient (Wildman–Crippen LogP) is -1.26. The largest absolute Gasteiger partial charge is 0.396 e. The SMILES string of the molecule is CC1(C)CC[C@H](O[C@@H]2O[C@H](CO)[C@@H](O)[C@H](O)[C@H]2O)[C@]2(C)[C@@H](CO)[C@](C)(O)C[C@@H](O)[C@@H]12. The van der Waals surface area contributed by atoms with Gasteiger partial charge in [0, 0.05) is 24.4 Å². The van der Waals surface area contributed by atoms with Crippen molar-refractivity contribution in [3.8, 4) is 0 Å². The van der Waals surface area contributed by atoms with Crippen LogP contribution in [0.5, 0.6) is 0 Å². The fourth-order valence-corrected chi connectivity index (χ4v) is 6.69. The van der Waals surface area contributed by atoms with E-state index in [1.54, 1.807) is 6.92 Å². The van der Waals surface area contributed by atoms with Crippen LogP contribution in [0.4, 0.5) is 0 Å². The molecule has 0 bridgehead atoms. The Hall–Kier alpha value is -0.360. The molecular weight excluding hydrogens is 396 g/mol. The van der Waals surface area contributed by atoms with Crippen LogP contribution in [0.1, 0.15) is 47.0 Å². The van der Waals surface area contributed by atoms with E-state index in [0.717, 1.165) is 0 Å². The minimum Gasteiger partial charge on any atom is -0.396 e. The molecule has 11 atom stereocenters. The minimum absolute atomic E-state index is 0.134. The lowest BCUT2D eigenvalue weighted by Gasteiger charge is -2.65. The Labute approximate surface area is 177 Å². The summed E-state index contributed by atoms with van der Waals surface area (Å²) in [5, 5.41) is 72.3. The number of hydrogen-bond acceptors (Lipinski definition) is 9.